The number of rotatable bonds is 6. The third-order valence-corrected chi connectivity index (χ3v) is 2.93. The molecule has 1 aromatic carbocycles. The summed E-state index contributed by atoms with van der Waals surface area (Å²) in [6.07, 6.45) is 0.334. The van der Waals surface area contributed by atoms with Gasteiger partial charge in [0.05, 0.1) is 18.0 Å². The summed E-state index contributed by atoms with van der Waals surface area (Å²) in [5.74, 6) is 0. The largest absolute Gasteiger partial charge is 0.387 e. The smallest absolute Gasteiger partial charge is 0.229 e. The van der Waals surface area contributed by atoms with Gasteiger partial charge in [-0.1, -0.05) is 32.0 Å². The molecule has 0 bridgehead atoms. The monoisotopic (exact) mass is 272 g/mol. The highest BCUT2D eigenvalue weighted by Gasteiger charge is 2.14. The van der Waals surface area contributed by atoms with E-state index in [-0.39, 0.29) is 6.04 Å². The van der Waals surface area contributed by atoms with Crippen molar-refractivity contribution in [1.29, 1.82) is 0 Å². The number of aliphatic hydroxyl groups is 1. The van der Waals surface area contributed by atoms with E-state index in [4.69, 9.17) is 0 Å². The van der Waals surface area contributed by atoms with Gasteiger partial charge in [0.2, 0.25) is 10.0 Å². The molecule has 1 unspecified atom stereocenters. The molecule has 3 N–H and O–H groups in total. The van der Waals surface area contributed by atoms with Crippen LogP contribution in [0.2, 0.25) is 0 Å². The second kappa shape index (κ2) is 6.17. The quantitative estimate of drug-likeness (QED) is 0.724. The molecule has 0 saturated heterocycles. The van der Waals surface area contributed by atoms with E-state index in [1.807, 2.05) is 13.8 Å². The minimum atomic E-state index is -3.35. The van der Waals surface area contributed by atoms with Gasteiger partial charge in [-0.2, -0.15) is 0 Å². The number of hydrogen-bond acceptors (Lipinski definition) is 4. The van der Waals surface area contributed by atoms with Crippen LogP contribution in [-0.2, 0) is 10.0 Å². The maximum Gasteiger partial charge on any atom is 0.229 e. The van der Waals surface area contributed by atoms with Crippen LogP contribution in [0.3, 0.4) is 0 Å². The van der Waals surface area contributed by atoms with Crippen LogP contribution in [0.5, 0.6) is 0 Å². The van der Waals surface area contributed by atoms with Gasteiger partial charge >= 0.3 is 0 Å². The zero-order chi connectivity index (χ0) is 13.8. The van der Waals surface area contributed by atoms with Crippen molar-refractivity contribution in [2.45, 2.75) is 26.0 Å². The van der Waals surface area contributed by atoms with Gasteiger partial charge in [0, 0.05) is 18.2 Å². The minimum absolute atomic E-state index is 0.259. The lowest BCUT2D eigenvalue weighted by atomic mass is 10.1. The third-order valence-electron chi connectivity index (χ3n) is 2.33. The van der Waals surface area contributed by atoms with Crippen LogP contribution in [0.15, 0.2) is 24.3 Å². The van der Waals surface area contributed by atoms with Crippen LogP contribution in [0.1, 0.15) is 25.5 Å². The van der Waals surface area contributed by atoms with E-state index in [0.29, 0.717) is 17.8 Å². The van der Waals surface area contributed by atoms with Gasteiger partial charge in [-0.15, -0.1) is 0 Å². The summed E-state index contributed by atoms with van der Waals surface area (Å²) in [7, 11) is -3.35. The van der Waals surface area contributed by atoms with Crippen molar-refractivity contribution >= 4 is 15.7 Å². The zero-order valence-electron chi connectivity index (χ0n) is 10.8. The molecule has 0 aromatic heterocycles. The molecule has 1 rings (SSSR count). The first-order valence-corrected chi connectivity index (χ1v) is 7.67. The van der Waals surface area contributed by atoms with E-state index < -0.39 is 16.1 Å². The van der Waals surface area contributed by atoms with E-state index in [2.05, 4.69) is 10.0 Å². The van der Waals surface area contributed by atoms with Crippen molar-refractivity contribution in [2.24, 2.45) is 0 Å². The van der Waals surface area contributed by atoms with Crippen LogP contribution in [0.25, 0.3) is 0 Å². The highest BCUT2D eigenvalue weighted by molar-refractivity contribution is 7.92. The van der Waals surface area contributed by atoms with Gasteiger partial charge in [0.25, 0.3) is 0 Å². The zero-order valence-corrected chi connectivity index (χ0v) is 11.7. The van der Waals surface area contributed by atoms with Crippen molar-refractivity contribution in [2.75, 3.05) is 17.5 Å². The summed E-state index contributed by atoms with van der Waals surface area (Å²) in [6.45, 7) is 4.33. The molecule has 0 heterocycles. The lowest BCUT2D eigenvalue weighted by molar-refractivity contribution is 0.172. The normalized spacial score (nSPS) is 13.6. The highest BCUT2D eigenvalue weighted by Crippen LogP contribution is 2.23. The van der Waals surface area contributed by atoms with Crippen LogP contribution in [0.4, 0.5) is 5.69 Å². The molecule has 0 radical (unpaired) electrons. The average molecular weight is 272 g/mol. The Morgan fingerprint density at radius 1 is 1.28 bits per heavy atom. The summed E-state index contributed by atoms with van der Waals surface area (Å²) in [4.78, 5) is 0. The molecule has 0 saturated carbocycles. The molecule has 6 heteroatoms. The Hall–Kier alpha value is -1.11. The van der Waals surface area contributed by atoms with Crippen molar-refractivity contribution in [3.8, 4) is 0 Å². The van der Waals surface area contributed by atoms with Crippen molar-refractivity contribution < 1.29 is 13.5 Å². The SMILES string of the molecule is CC(C)NCC(O)c1ccccc1NS(C)(=O)=O. The number of aliphatic hydroxyl groups excluding tert-OH is 1. The molecule has 0 spiro atoms. The molecular formula is C12H20N2O3S. The predicted octanol–water partition coefficient (Wildman–Crippen LogP) is 1.09. The lowest BCUT2D eigenvalue weighted by Crippen LogP contribution is -2.28. The number of sulfonamides is 1. The predicted molar refractivity (Wildman–Crippen MR) is 73.0 cm³/mol. The van der Waals surface area contributed by atoms with Crippen LogP contribution in [-0.4, -0.2) is 32.4 Å². The van der Waals surface area contributed by atoms with Crippen molar-refractivity contribution in [1.82, 2.24) is 5.32 Å². The van der Waals surface area contributed by atoms with Gasteiger partial charge in [-0.05, 0) is 6.07 Å². The van der Waals surface area contributed by atoms with Gasteiger partial charge in [-0.3, -0.25) is 4.72 Å². The molecule has 1 aromatic rings. The second-order valence-electron chi connectivity index (χ2n) is 4.54. The van der Waals surface area contributed by atoms with Gasteiger partial charge in [-0.25, -0.2) is 8.42 Å². The molecule has 102 valence electrons. The number of para-hydroxylation sites is 1. The third kappa shape index (κ3) is 5.03. The summed E-state index contributed by atoms with van der Waals surface area (Å²) in [5, 5.41) is 13.2. The first-order chi connectivity index (χ1) is 8.29. The molecule has 0 aliphatic rings. The molecule has 18 heavy (non-hydrogen) atoms. The standard InChI is InChI=1S/C12H20N2O3S/c1-9(2)13-8-12(15)10-6-4-5-7-11(10)14-18(3,16)17/h4-7,9,12-15H,8H2,1-3H3. The Kier molecular flexibility index (Phi) is 5.13. The molecule has 0 amide bonds. The topological polar surface area (TPSA) is 78.4 Å². The first kappa shape index (κ1) is 14.9. The van der Waals surface area contributed by atoms with Crippen LogP contribution >= 0.6 is 0 Å². The Morgan fingerprint density at radius 2 is 1.89 bits per heavy atom. The van der Waals surface area contributed by atoms with Crippen molar-refractivity contribution in [3.63, 3.8) is 0 Å². The molecule has 0 aliphatic heterocycles. The summed E-state index contributed by atoms with van der Waals surface area (Å²) >= 11 is 0. The van der Waals surface area contributed by atoms with Gasteiger partial charge in [0.1, 0.15) is 0 Å². The Bertz CT molecular complexity index is 486. The molecule has 0 fully saturated rings. The summed E-state index contributed by atoms with van der Waals surface area (Å²) in [5.41, 5.74) is 0.981. The Labute approximate surface area is 108 Å². The molecule has 0 aliphatic carbocycles. The minimum Gasteiger partial charge on any atom is -0.387 e. The Morgan fingerprint density at radius 3 is 2.44 bits per heavy atom. The fraction of sp³-hybridized carbons (Fsp3) is 0.500. The summed E-state index contributed by atoms with van der Waals surface area (Å²) < 4.78 is 24.9. The fourth-order valence-corrected chi connectivity index (χ4v) is 2.12. The van der Waals surface area contributed by atoms with E-state index in [1.165, 1.54) is 0 Å². The van der Waals surface area contributed by atoms with Crippen LogP contribution < -0.4 is 10.0 Å². The number of benzene rings is 1. The molecule has 1 atom stereocenters. The number of hydrogen-bond donors (Lipinski definition) is 3. The Balaban J connectivity index is 2.87. The van der Waals surface area contributed by atoms with Crippen molar-refractivity contribution in [3.05, 3.63) is 29.8 Å². The number of nitrogens with one attached hydrogen (secondary N) is 2. The highest BCUT2D eigenvalue weighted by atomic mass is 32.2. The maximum absolute atomic E-state index is 11.2. The lowest BCUT2D eigenvalue weighted by Gasteiger charge is -2.17. The maximum atomic E-state index is 11.2. The van der Waals surface area contributed by atoms with Gasteiger partial charge < -0.3 is 10.4 Å². The summed E-state index contributed by atoms with van der Waals surface area (Å²) in [6, 6.07) is 7.09. The molecular weight excluding hydrogens is 252 g/mol. The van der Waals surface area contributed by atoms with E-state index in [9.17, 15) is 13.5 Å². The second-order valence-corrected chi connectivity index (χ2v) is 6.29. The fourth-order valence-electron chi connectivity index (χ4n) is 1.54. The average Bonchev–Trinajstić information content (AvgIpc) is 2.24. The number of anilines is 1. The van der Waals surface area contributed by atoms with Crippen LogP contribution in [0, 0.1) is 0 Å². The van der Waals surface area contributed by atoms with Gasteiger partial charge in [0.15, 0.2) is 0 Å². The van der Waals surface area contributed by atoms with E-state index >= 15 is 0 Å². The first-order valence-electron chi connectivity index (χ1n) is 5.78. The van der Waals surface area contributed by atoms with E-state index in [1.54, 1.807) is 24.3 Å². The molecule has 5 nitrogen and oxygen atoms in total. The van der Waals surface area contributed by atoms with E-state index in [0.717, 1.165) is 6.26 Å².